The highest BCUT2D eigenvalue weighted by atomic mass is 16.3. The van der Waals surface area contributed by atoms with Crippen LogP contribution in [0.1, 0.15) is 45.4 Å². The molecule has 0 heterocycles. The van der Waals surface area contributed by atoms with Crippen LogP contribution in [0.2, 0.25) is 0 Å². The first-order valence-corrected chi connectivity index (χ1v) is 5.77. The molecule has 0 amide bonds. The Hall–Kier alpha value is -0.560. The van der Waals surface area contributed by atoms with Crippen molar-refractivity contribution >= 4 is 0 Å². The Kier molecular flexibility index (Phi) is 4.95. The summed E-state index contributed by atoms with van der Waals surface area (Å²) in [7, 11) is 0. The van der Waals surface area contributed by atoms with Crippen LogP contribution < -0.4 is 0 Å². The molecule has 1 N–H and O–H groups in total. The Morgan fingerprint density at radius 2 is 2.36 bits per heavy atom. The molecular formula is C13H22O. The molecule has 1 saturated carbocycles. The van der Waals surface area contributed by atoms with Gasteiger partial charge in [0.05, 0.1) is 6.10 Å². The molecule has 1 heteroatoms. The van der Waals surface area contributed by atoms with Crippen molar-refractivity contribution in [3.05, 3.63) is 24.3 Å². The van der Waals surface area contributed by atoms with Crippen molar-refractivity contribution in [2.75, 3.05) is 0 Å². The Labute approximate surface area is 87.5 Å². The second kappa shape index (κ2) is 6.02. The van der Waals surface area contributed by atoms with Crippen molar-refractivity contribution < 1.29 is 5.11 Å². The number of aliphatic hydroxyl groups excluding tert-OH is 1. The highest BCUT2D eigenvalue weighted by molar-refractivity contribution is 5.12. The number of rotatable bonds is 4. The van der Waals surface area contributed by atoms with Gasteiger partial charge in [-0.05, 0) is 43.6 Å². The lowest BCUT2D eigenvalue weighted by Crippen LogP contribution is -2.16. The molecule has 0 aromatic rings. The normalized spacial score (nSPS) is 27.6. The predicted molar refractivity (Wildman–Crippen MR) is 61.2 cm³/mol. The molecule has 0 aromatic carbocycles. The molecule has 1 fully saturated rings. The van der Waals surface area contributed by atoms with Gasteiger partial charge < -0.3 is 5.11 Å². The van der Waals surface area contributed by atoms with Gasteiger partial charge in [0.15, 0.2) is 0 Å². The van der Waals surface area contributed by atoms with Crippen LogP contribution in [0, 0.1) is 5.92 Å². The molecule has 0 aliphatic heterocycles. The Bertz CT molecular complexity index is 205. The lowest BCUT2D eigenvalue weighted by atomic mass is 9.88. The fraction of sp³-hybridized carbons (Fsp3) is 0.692. The number of aliphatic hydroxyl groups is 1. The van der Waals surface area contributed by atoms with Crippen molar-refractivity contribution in [3.8, 4) is 0 Å². The van der Waals surface area contributed by atoms with Crippen molar-refractivity contribution in [3.63, 3.8) is 0 Å². The molecule has 0 aromatic heterocycles. The van der Waals surface area contributed by atoms with E-state index in [9.17, 15) is 5.11 Å². The molecule has 1 aliphatic rings. The predicted octanol–water partition coefficient (Wildman–Crippen LogP) is 3.45. The molecule has 80 valence electrons. The highest BCUT2D eigenvalue weighted by Crippen LogP contribution is 2.26. The van der Waals surface area contributed by atoms with Crippen LogP contribution in [0.4, 0.5) is 0 Å². The second-order valence-electron chi connectivity index (χ2n) is 4.20. The molecule has 0 radical (unpaired) electrons. The lowest BCUT2D eigenvalue weighted by Gasteiger charge is -2.22. The Morgan fingerprint density at radius 3 is 2.93 bits per heavy atom. The quantitative estimate of drug-likeness (QED) is 0.680. The van der Waals surface area contributed by atoms with E-state index in [4.69, 9.17) is 0 Å². The minimum absolute atomic E-state index is 0.164. The van der Waals surface area contributed by atoms with E-state index in [1.54, 1.807) is 0 Å². The van der Waals surface area contributed by atoms with Gasteiger partial charge in [0.2, 0.25) is 0 Å². The monoisotopic (exact) mass is 194 g/mol. The fourth-order valence-corrected chi connectivity index (χ4v) is 2.08. The summed E-state index contributed by atoms with van der Waals surface area (Å²) in [6.07, 6.45) is 10.7. The maximum absolute atomic E-state index is 9.79. The van der Waals surface area contributed by atoms with E-state index in [0.29, 0.717) is 5.92 Å². The topological polar surface area (TPSA) is 20.2 Å². The van der Waals surface area contributed by atoms with E-state index in [2.05, 4.69) is 19.6 Å². The minimum Gasteiger partial charge on any atom is -0.389 e. The second-order valence-corrected chi connectivity index (χ2v) is 4.20. The molecule has 1 aliphatic carbocycles. The standard InChI is InChI=1S/C13H22O/c1-3-7-11(4-2)10-12-8-5-6-9-13(12)14/h3,10-11,13-14H,1,4-9H2,2H3/b12-10-. The molecule has 0 bridgehead atoms. The lowest BCUT2D eigenvalue weighted by molar-refractivity contribution is 0.177. The van der Waals surface area contributed by atoms with Gasteiger partial charge in [0, 0.05) is 0 Å². The van der Waals surface area contributed by atoms with Crippen LogP contribution in [-0.2, 0) is 0 Å². The van der Waals surface area contributed by atoms with Crippen LogP contribution in [-0.4, -0.2) is 11.2 Å². The molecule has 0 saturated heterocycles. The highest BCUT2D eigenvalue weighted by Gasteiger charge is 2.16. The largest absolute Gasteiger partial charge is 0.389 e. The van der Waals surface area contributed by atoms with Gasteiger partial charge in [-0.3, -0.25) is 0 Å². The van der Waals surface area contributed by atoms with E-state index in [1.807, 2.05) is 6.08 Å². The summed E-state index contributed by atoms with van der Waals surface area (Å²) < 4.78 is 0. The molecular weight excluding hydrogens is 172 g/mol. The first-order valence-electron chi connectivity index (χ1n) is 5.77. The average Bonchev–Trinajstić information content (AvgIpc) is 2.20. The van der Waals surface area contributed by atoms with Crippen LogP contribution in [0.5, 0.6) is 0 Å². The zero-order chi connectivity index (χ0) is 10.4. The number of allylic oxidation sites excluding steroid dienone is 2. The van der Waals surface area contributed by atoms with E-state index >= 15 is 0 Å². The minimum atomic E-state index is -0.164. The van der Waals surface area contributed by atoms with Gasteiger partial charge in [0.1, 0.15) is 0 Å². The molecule has 1 rings (SSSR count). The van der Waals surface area contributed by atoms with E-state index in [0.717, 1.165) is 25.7 Å². The summed E-state index contributed by atoms with van der Waals surface area (Å²) >= 11 is 0. The smallest absolute Gasteiger partial charge is 0.0750 e. The fourth-order valence-electron chi connectivity index (χ4n) is 2.08. The van der Waals surface area contributed by atoms with Crippen molar-refractivity contribution in [2.24, 2.45) is 5.92 Å². The van der Waals surface area contributed by atoms with Crippen molar-refractivity contribution in [1.29, 1.82) is 0 Å². The van der Waals surface area contributed by atoms with Crippen molar-refractivity contribution in [1.82, 2.24) is 0 Å². The molecule has 0 spiro atoms. The Morgan fingerprint density at radius 1 is 1.57 bits per heavy atom. The summed E-state index contributed by atoms with van der Waals surface area (Å²) in [4.78, 5) is 0. The first-order chi connectivity index (χ1) is 6.77. The van der Waals surface area contributed by atoms with E-state index in [1.165, 1.54) is 18.4 Å². The van der Waals surface area contributed by atoms with Gasteiger partial charge in [0.25, 0.3) is 0 Å². The summed E-state index contributed by atoms with van der Waals surface area (Å²) in [5.41, 5.74) is 1.27. The van der Waals surface area contributed by atoms with Gasteiger partial charge in [-0.15, -0.1) is 6.58 Å². The maximum atomic E-state index is 9.79. The SMILES string of the molecule is C=CCC(/C=C1/CCCCC1O)CC. The Balaban J connectivity index is 2.57. The third kappa shape index (κ3) is 3.30. The van der Waals surface area contributed by atoms with Crippen LogP contribution in [0.25, 0.3) is 0 Å². The summed E-state index contributed by atoms with van der Waals surface area (Å²) in [5, 5.41) is 9.79. The number of hydrogen-bond donors (Lipinski definition) is 1. The van der Waals surface area contributed by atoms with E-state index in [-0.39, 0.29) is 6.10 Å². The van der Waals surface area contributed by atoms with Gasteiger partial charge in [-0.25, -0.2) is 0 Å². The number of hydrogen-bond acceptors (Lipinski definition) is 1. The first kappa shape index (κ1) is 11.5. The van der Waals surface area contributed by atoms with Crippen LogP contribution >= 0.6 is 0 Å². The van der Waals surface area contributed by atoms with Gasteiger partial charge in [-0.2, -0.15) is 0 Å². The molecule has 2 unspecified atom stereocenters. The third-order valence-electron chi connectivity index (χ3n) is 3.06. The molecule has 14 heavy (non-hydrogen) atoms. The van der Waals surface area contributed by atoms with Gasteiger partial charge >= 0.3 is 0 Å². The molecule has 1 nitrogen and oxygen atoms in total. The van der Waals surface area contributed by atoms with Crippen LogP contribution in [0.3, 0.4) is 0 Å². The summed E-state index contributed by atoms with van der Waals surface area (Å²) in [6, 6.07) is 0. The summed E-state index contributed by atoms with van der Waals surface area (Å²) in [5.74, 6) is 0.579. The maximum Gasteiger partial charge on any atom is 0.0750 e. The zero-order valence-corrected chi connectivity index (χ0v) is 9.21. The van der Waals surface area contributed by atoms with Crippen LogP contribution in [0.15, 0.2) is 24.3 Å². The zero-order valence-electron chi connectivity index (χ0n) is 9.21. The summed E-state index contributed by atoms with van der Waals surface area (Å²) in [6.45, 7) is 5.96. The van der Waals surface area contributed by atoms with Gasteiger partial charge in [-0.1, -0.05) is 25.5 Å². The molecule has 2 atom stereocenters. The van der Waals surface area contributed by atoms with E-state index < -0.39 is 0 Å². The van der Waals surface area contributed by atoms with Crippen molar-refractivity contribution in [2.45, 2.75) is 51.6 Å². The average molecular weight is 194 g/mol. The third-order valence-corrected chi connectivity index (χ3v) is 3.06.